The van der Waals surface area contributed by atoms with E-state index in [0.717, 1.165) is 43.2 Å². The van der Waals surface area contributed by atoms with E-state index in [1.54, 1.807) is 42.0 Å². The maximum absolute atomic E-state index is 13.1. The number of aryl methyl sites for hydroxylation is 1. The number of carbonyl (C=O) groups excluding carboxylic acids is 1. The minimum atomic E-state index is -0.436. The number of halogens is 1. The Bertz CT molecular complexity index is 1450. The van der Waals surface area contributed by atoms with Crippen molar-refractivity contribution in [3.63, 3.8) is 0 Å². The first-order chi connectivity index (χ1) is 17.0. The second-order valence-electron chi connectivity index (χ2n) is 8.66. The predicted octanol–water partition coefficient (Wildman–Crippen LogP) is 4.58. The Balaban J connectivity index is 1.36. The first-order valence-corrected chi connectivity index (χ1v) is 11.9. The lowest BCUT2D eigenvalue weighted by Gasteiger charge is -2.36. The van der Waals surface area contributed by atoms with E-state index in [-0.39, 0.29) is 5.78 Å². The van der Waals surface area contributed by atoms with E-state index >= 15 is 0 Å². The van der Waals surface area contributed by atoms with Gasteiger partial charge in [0.15, 0.2) is 11.4 Å². The molecule has 0 radical (unpaired) electrons. The Morgan fingerprint density at radius 3 is 2.46 bits per heavy atom. The zero-order chi connectivity index (χ0) is 24.5. The molecule has 1 aromatic heterocycles. The van der Waals surface area contributed by atoms with Gasteiger partial charge < -0.3 is 14.1 Å². The largest absolute Gasteiger partial charge is 0.495 e. The highest BCUT2D eigenvalue weighted by atomic mass is 35.5. The molecule has 0 unspecified atom stereocenters. The lowest BCUT2D eigenvalue weighted by Crippen LogP contribution is -2.47. The molecule has 3 aromatic carbocycles. The quantitative estimate of drug-likeness (QED) is 0.368. The zero-order valence-corrected chi connectivity index (χ0v) is 20.4. The van der Waals surface area contributed by atoms with Gasteiger partial charge in [-0.15, -0.1) is 0 Å². The highest BCUT2D eigenvalue weighted by Gasteiger charge is 2.23. The van der Waals surface area contributed by atoms with Crippen molar-refractivity contribution >= 4 is 34.2 Å². The summed E-state index contributed by atoms with van der Waals surface area (Å²) in [5.74, 6) is 0.224. The number of aromatic nitrogens is 1. The Kier molecular flexibility index (Phi) is 6.36. The number of anilines is 1. The molecule has 0 saturated carbocycles. The highest BCUT2D eigenvalue weighted by Crippen LogP contribution is 2.29. The third-order valence-electron chi connectivity index (χ3n) is 6.52. The molecule has 1 fully saturated rings. The van der Waals surface area contributed by atoms with Gasteiger partial charge in [0.1, 0.15) is 5.75 Å². The number of hydrogen-bond donors (Lipinski definition) is 0. The van der Waals surface area contributed by atoms with Crippen LogP contribution in [-0.4, -0.2) is 48.5 Å². The van der Waals surface area contributed by atoms with E-state index in [4.69, 9.17) is 20.8 Å². The molecule has 35 heavy (non-hydrogen) atoms. The second kappa shape index (κ2) is 9.60. The summed E-state index contributed by atoms with van der Waals surface area (Å²) in [6.45, 7) is 5.50. The molecule has 1 saturated heterocycles. The summed E-state index contributed by atoms with van der Waals surface area (Å²) in [5, 5.41) is 0.392. The van der Waals surface area contributed by atoms with Crippen LogP contribution in [0, 0.1) is 6.92 Å². The fourth-order valence-electron chi connectivity index (χ4n) is 4.60. The van der Waals surface area contributed by atoms with Crippen molar-refractivity contribution in [2.45, 2.75) is 13.6 Å². The van der Waals surface area contributed by atoms with Crippen molar-refractivity contribution < 1.29 is 13.9 Å². The number of para-hydroxylation sites is 2. The van der Waals surface area contributed by atoms with Gasteiger partial charge in [-0.3, -0.25) is 14.3 Å². The summed E-state index contributed by atoms with van der Waals surface area (Å²) in [4.78, 5) is 30.4. The number of hydrogen-bond acceptors (Lipinski definition) is 6. The summed E-state index contributed by atoms with van der Waals surface area (Å²) in [7, 11) is 1.68. The molecule has 0 aliphatic carbocycles. The van der Waals surface area contributed by atoms with Crippen LogP contribution < -0.4 is 15.4 Å². The third kappa shape index (κ3) is 4.45. The fraction of sp³-hybridized carbons (Fsp3) is 0.259. The van der Waals surface area contributed by atoms with Crippen molar-refractivity contribution in [3.05, 3.63) is 92.9 Å². The lowest BCUT2D eigenvalue weighted by molar-refractivity contribution is 0.103. The summed E-state index contributed by atoms with van der Waals surface area (Å²) in [6, 6.07) is 18.4. The number of methoxy groups -OCH3 is 1. The molecule has 0 N–H and O–H groups in total. The van der Waals surface area contributed by atoms with Gasteiger partial charge in [0.05, 0.1) is 30.0 Å². The summed E-state index contributed by atoms with van der Waals surface area (Å²) in [5.41, 5.74) is 3.80. The molecular weight excluding hydrogens is 466 g/mol. The number of carbonyl (C=O) groups is 1. The minimum absolute atomic E-state index is 0.196. The molecule has 0 amide bonds. The Labute approximate surface area is 208 Å². The van der Waals surface area contributed by atoms with Crippen LogP contribution >= 0.6 is 11.6 Å². The van der Waals surface area contributed by atoms with Crippen LogP contribution in [0.3, 0.4) is 0 Å². The van der Waals surface area contributed by atoms with E-state index < -0.39 is 5.76 Å². The fourth-order valence-corrected chi connectivity index (χ4v) is 4.82. The average molecular weight is 492 g/mol. The number of nitrogens with zero attached hydrogens (tertiary/aromatic N) is 3. The molecule has 5 rings (SSSR count). The molecule has 0 bridgehead atoms. The number of benzene rings is 3. The van der Waals surface area contributed by atoms with Gasteiger partial charge in [-0.05, 0) is 48.9 Å². The molecule has 0 spiro atoms. The number of ether oxygens (including phenoxy) is 1. The van der Waals surface area contributed by atoms with E-state index in [0.29, 0.717) is 33.9 Å². The standard InChI is InChI=1S/C27H26ClN3O4/c1-18-15-23-25(16-20(18)26(32)19-7-3-4-8-21(19)28)35-27(33)31(23)17-29-11-13-30(14-12-29)22-9-5-6-10-24(22)34-2/h3-10,15-16H,11-14,17H2,1-2H3. The maximum Gasteiger partial charge on any atom is 0.421 e. The van der Waals surface area contributed by atoms with Gasteiger partial charge in [-0.2, -0.15) is 0 Å². The lowest BCUT2D eigenvalue weighted by atomic mass is 9.98. The first kappa shape index (κ1) is 23.2. The predicted molar refractivity (Wildman–Crippen MR) is 137 cm³/mol. The van der Waals surface area contributed by atoms with Crippen molar-refractivity contribution in [2.24, 2.45) is 0 Å². The first-order valence-electron chi connectivity index (χ1n) is 11.5. The van der Waals surface area contributed by atoms with Crippen molar-refractivity contribution in [3.8, 4) is 5.75 Å². The number of rotatable bonds is 6. The van der Waals surface area contributed by atoms with Crippen molar-refractivity contribution in [2.75, 3.05) is 38.2 Å². The average Bonchev–Trinajstić information content (AvgIpc) is 3.17. The summed E-state index contributed by atoms with van der Waals surface area (Å²) >= 11 is 6.23. The van der Waals surface area contributed by atoms with E-state index in [1.165, 1.54) is 0 Å². The van der Waals surface area contributed by atoms with Crippen LogP contribution in [0.1, 0.15) is 21.5 Å². The van der Waals surface area contributed by atoms with E-state index in [2.05, 4.69) is 15.9 Å². The Hall–Kier alpha value is -3.55. The topological polar surface area (TPSA) is 67.9 Å². The van der Waals surface area contributed by atoms with Crippen LogP contribution in [0.2, 0.25) is 5.02 Å². The highest BCUT2D eigenvalue weighted by molar-refractivity contribution is 6.35. The van der Waals surface area contributed by atoms with Crippen molar-refractivity contribution in [1.29, 1.82) is 0 Å². The summed E-state index contributed by atoms with van der Waals surface area (Å²) in [6.07, 6.45) is 0. The van der Waals surface area contributed by atoms with E-state index in [1.807, 2.05) is 31.2 Å². The van der Waals surface area contributed by atoms with Crippen LogP contribution in [0.5, 0.6) is 5.75 Å². The molecule has 1 aliphatic heterocycles. The van der Waals surface area contributed by atoms with Gasteiger partial charge >= 0.3 is 5.76 Å². The van der Waals surface area contributed by atoms with E-state index in [9.17, 15) is 9.59 Å². The monoisotopic (exact) mass is 491 g/mol. The van der Waals surface area contributed by atoms with Gasteiger partial charge in [-0.25, -0.2) is 4.79 Å². The number of ketones is 1. The Morgan fingerprint density at radius 1 is 1.00 bits per heavy atom. The molecule has 1 aliphatic rings. The molecule has 180 valence electrons. The second-order valence-corrected chi connectivity index (χ2v) is 9.07. The number of oxazole rings is 1. The smallest absolute Gasteiger partial charge is 0.421 e. The van der Waals surface area contributed by atoms with Gasteiger partial charge in [0.25, 0.3) is 0 Å². The third-order valence-corrected chi connectivity index (χ3v) is 6.85. The van der Waals surface area contributed by atoms with Crippen LogP contribution in [0.15, 0.2) is 69.9 Å². The molecule has 7 nitrogen and oxygen atoms in total. The SMILES string of the molecule is COc1ccccc1N1CCN(Cn2c(=O)oc3cc(C(=O)c4ccccc4Cl)c(C)cc32)CC1. The Morgan fingerprint density at radius 2 is 1.71 bits per heavy atom. The molecular formula is C27H26ClN3O4. The molecule has 8 heteroatoms. The normalized spacial score (nSPS) is 14.4. The molecule has 2 heterocycles. The molecule has 4 aromatic rings. The molecule has 0 atom stereocenters. The van der Waals surface area contributed by atoms with Crippen LogP contribution in [-0.2, 0) is 6.67 Å². The maximum atomic E-state index is 13.1. The van der Waals surface area contributed by atoms with Gasteiger partial charge in [-0.1, -0.05) is 35.9 Å². The number of fused-ring (bicyclic) bond motifs is 1. The van der Waals surface area contributed by atoms with Crippen molar-refractivity contribution in [1.82, 2.24) is 9.47 Å². The van der Waals surface area contributed by atoms with Crippen LogP contribution in [0.4, 0.5) is 5.69 Å². The van der Waals surface area contributed by atoms with Crippen LogP contribution in [0.25, 0.3) is 11.1 Å². The minimum Gasteiger partial charge on any atom is -0.495 e. The zero-order valence-electron chi connectivity index (χ0n) is 19.7. The van der Waals surface area contributed by atoms with Gasteiger partial charge in [0.2, 0.25) is 0 Å². The number of piperazine rings is 1. The summed E-state index contributed by atoms with van der Waals surface area (Å²) < 4.78 is 12.7. The van der Waals surface area contributed by atoms with Gasteiger partial charge in [0, 0.05) is 37.3 Å².